The van der Waals surface area contributed by atoms with Crippen LogP contribution in [-0.4, -0.2) is 11.6 Å². The molecule has 2 heteroatoms. The topological polar surface area (TPSA) is 22.1 Å². The molecule has 1 aliphatic heterocycles. The lowest BCUT2D eigenvalue weighted by molar-refractivity contribution is 0.328. The van der Waals surface area contributed by atoms with E-state index < -0.39 is 0 Å². The molecule has 1 atom stereocenters. The van der Waals surface area contributed by atoms with Crippen LogP contribution in [0.1, 0.15) is 25.0 Å². The average Bonchev–Trinajstić information content (AvgIpc) is 2.47. The van der Waals surface area contributed by atoms with E-state index in [1.165, 1.54) is 0 Å². The highest BCUT2D eigenvalue weighted by atomic mass is 16.5. The highest BCUT2D eigenvalue weighted by Gasteiger charge is 2.22. The minimum Gasteiger partial charge on any atom is -0.491 e. The Labute approximate surface area is 66.2 Å². The summed E-state index contributed by atoms with van der Waals surface area (Å²) in [6.45, 7) is 2.97. The van der Waals surface area contributed by atoms with Crippen LogP contribution in [0.15, 0.2) is 18.3 Å². The van der Waals surface area contributed by atoms with Crippen molar-refractivity contribution < 1.29 is 4.74 Å². The molecule has 0 saturated heterocycles. The largest absolute Gasteiger partial charge is 0.491 e. The summed E-state index contributed by atoms with van der Waals surface area (Å²) in [6.07, 6.45) is 2.94. The lowest BCUT2D eigenvalue weighted by Gasteiger charge is -2.00. The van der Waals surface area contributed by atoms with E-state index in [1.807, 2.05) is 18.3 Å². The second-order valence-corrected chi connectivity index (χ2v) is 2.80. The van der Waals surface area contributed by atoms with Crippen molar-refractivity contribution in [3.63, 3.8) is 0 Å². The van der Waals surface area contributed by atoms with Crippen molar-refractivity contribution in [1.29, 1.82) is 0 Å². The molecule has 1 aromatic rings. The van der Waals surface area contributed by atoms with Crippen LogP contribution in [0.4, 0.5) is 0 Å². The minimum absolute atomic E-state index is 0.520. The molecule has 0 radical (unpaired) electrons. The van der Waals surface area contributed by atoms with Gasteiger partial charge in [-0.15, -0.1) is 0 Å². The van der Waals surface area contributed by atoms with E-state index in [-0.39, 0.29) is 0 Å². The summed E-state index contributed by atoms with van der Waals surface area (Å²) < 4.78 is 5.44. The molecular weight excluding hydrogens is 138 g/mol. The van der Waals surface area contributed by atoms with Gasteiger partial charge < -0.3 is 4.74 Å². The zero-order valence-electron chi connectivity index (χ0n) is 6.58. The number of ether oxygens (including phenoxy) is 1. The first-order chi connectivity index (χ1) is 5.42. The standard InChI is InChI=1S/C9H11NO/c1-2-7-6-11-8-4-3-5-10-9(7)8/h3-5,7H,2,6H2,1H3. The molecular formula is C9H11NO. The quantitative estimate of drug-likeness (QED) is 0.609. The molecule has 2 heterocycles. The predicted molar refractivity (Wildman–Crippen MR) is 42.8 cm³/mol. The lowest BCUT2D eigenvalue weighted by atomic mass is 10.1. The zero-order valence-corrected chi connectivity index (χ0v) is 6.58. The Morgan fingerprint density at radius 3 is 3.45 bits per heavy atom. The van der Waals surface area contributed by atoms with E-state index in [0.717, 1.165) is 24.5 Å². The Kier molecular flexibility index (Phi) is 1.53. The molecule has 0 aromatic carbocycles. The van der Waals surface area contributed by atoms with E-state index >= 15 is 0 Å². The second-order valence-electron chi connectivity index (χ2n) is 2.80. The van der Waals surface area contributed by atoms with E-state index in [4.69, 9.17) is 4.74 Å². The van der Waals surface area contributed by atoms with Crippen molar-refractivity contribution in [2.45, 2.75) is 19.3 Å². The summed E-state index contributed by atoms with van der Waals surface area (Å²) in [5.74, 6) is 1.49. The number of pyridine rings is 1. The number of aromatic nitrogens is 1. The van der Waals surface area contributed by atoms with Crippen LogP contribution in [0.3, 0.4) is 0 Å². The Morgan fingerprint density at radius 1 is 1.73 bits per heavy atom. The van der Waals surface area contributed by atoms with Gasteiger partial charge in [0.15, 0.2) is 0 Å². The fraction of sp³-hybridized carbons (Fsp3) is 0.444. The summed E-state index contributed by atoms with van der Waals surface area (Å²) in [5.41, 5.74) is 1.13. The van der Waals surface area contributed by atoms with Gasteiger partial charge in [0.2, 0.25) is 0 Å². The Morgan fingerprint density at radius 2 is 2.64 bits per heavy atom. The van der Waals surface area contributed by atoms with Gasteiger partial charge in [-0.3, -0.25) is 4.98 Å². The van der Waals surface area contributed by atoms with E-state index in [9.17, 15) is 0 Å². The average molecular weight is 149 g/mol. The molecule has 0 bridgehead atoms. The predicted octanol–water partition coefficient (Wildman–Crippen LogP) is 1.97. The molecule has 1 aromatic heterocycles. The number of rotatable bonds is 1. The number of fused-ring (bicyclic) bond motifs is 1. The Bertz CT molecular complexity index is 259. The van der Waals surface area contributed by atoms with Gasteiger partial charge in [0.05, 0.1) is 12.3 Å². The van der Waals surface area contributed by atoms with E-state index in [2.05, 4.69) is 11.9 Å². The van der Waals surface area contributed by atoms with Crippen LogP contribution in [0.2, 0.25) is 0 Å². The first-order valence-electron chi connectivity index (χ1n) is 3.99. The first-order valence-corrected chi connectivity index (χ1v) is 3.99. The number of hydrogen-bond donors (Lipinski definition) is 0. The summed E-state index contributed by atoms with van der Waals surface area (Å²) >= 11 is 0. The molecule has 0 N–H and O–H groups in total. The number of nitrogens with zero attached hydrogens (tertiary/aromatic N) is 1. The molecule has 58 valence electrons. The lowest BCUT2D eigenvalue weighted by Crippen LogP contribution is -1.98. The normalized spacial score (nSPS) is 21.0. The molecule has 0 aliphatic carbocycles. The third-order valence-corrected chi connectivity index (χ3v) is 2.12. The van der Waals surface area contributed by atoms with Crippen molar-refractivity contribution in [2.24, 2.45) is 0 Å². The molecule has 0 fully saturated rings. The minimum atomic E-state index is 0.520. The van der Waals surface area contributed by atoms with Crippen LogP contribution in [-0.2, 0) is 0 Å². The van der Waals surface area contributed by atoms with Crippen LogP contribution >= 0.6 is 0 Å². The highest BCUT2D eigenvalue weighted by molar-refractivity contribution is 5.33. The van der Waals surface area contributed by atoms with Gasteiger partial charge in [0, 0.05) is 12.1 Å². The van der Waals surface area contributed by atoms with Gasteiger partial charge >= 0.3 is 0 Å². The van der Waals surface area contributed by atoms with E-state index in [1.54, 1.807) is 0 Å². The molecule has 0 spiro atoms. The molecule has 1 unspecified atom stereocenters. The summed E-state index contributed by atoms with van der Waals surface area (Å²) in [6, 6.07) is 3.90. The van der Waals surface area contributed by atoms with Crippen molar-refractivity contribution in [1.82, 2.24) is 4.98 Å². The molecule has 1 aliphatic rings. The Hall–Kier alpha value is -1.05. The highest BCUT2D eigenvalue weighted by Crippen LogP contribution is 2.32. The third kappa shape index (κ3) is 0.985. The summed E-state index contributed by atoms with van der Waals surface area (Å²) in [4.78, 5) is 4.29. The van der Waals surface area contributed by atoms with Gasteiger partial charge in [-0.1, -0.05) is 6.92 Å². The van der Waals surface area contributed by atoms with Crippen LogP contribution in [0.25, 0.3) is 0 Å². The van der Waals surface area contributed by atoms with Gasteiger partial charge in [-0.05, 0) is 18.6 Å². The Balaban J connectivity index is 2.39. The zero-order chi connectivity index (χ0) is 7.68. The fourth-order valence-corrected chi connectivity index (χ4v) is 1.41. The monoisotopic (exact) mass is 149 g/mol. The van der Waals surface area contributed by atoms with Crippen molar-refractivity contribution in [2.75, 3.05) is 6.61 Å². The maximum absolute atomic E-state index is 5.44. The van der Waals surface area contributed by atoms with Gasteiger partial charge in [-0.25, -0.2) is 0 Å². The summed E-state index contributed by atoms with van der Waals surface area (Å²) in [5, 5.41) is 0. The van der Waals surface area contributed by atoms with Gasteiger partial charge in [0.25, 0.3) is 0 Å². The second kappa shape index (κ2) is 2.53. The SMILES string of the molecule is CCC1COc2cccnc21. The van der Waals surface area contributed by atoms with E-state index in [0.29, 0.717) is 5.92 Å². The van der Waals surface area contributed by atoms with Crippen molar-refractivity contribution in [3.8, 4) is 5.75 Å². The molecule has 0 amide bonds. The van der Waals surface area contributed by atoms with Crippen LogP contribution < -0.4 is 4.74 Å². The van der Waals surface area contributed by atoms with Gasteiger partial charge in [0.1, 0.15) is 5.75 Å². The molecule has 2 nitrogen and oxygen atoms in total. The maximum Gasteiger partial charge on any atom is 0.141 e. The molecule has 11 heavy (non-hydrogen) atoms. The maximum atomic E-state index is 5.44. The first kappa shape index (κ1) is 6.65. The van der Waals surface area contributed by atoms with Crippen molar-refractivity contribution >= 4 is 0 Å². The van der Waals surface area contributed by atoms with Crippen molar-refractivity contribution in [3.05, 3.63) is 24.0 Å². The smallest absolute Gasteiger partial charge is 0.141 e. The summed E-state index contributed by atoms with van der Waals surface area (Å²) in [7, 11) is 0. The van der Waals surface area contributed by atoms with Gasteiger partial charge in [-0.2, -0.15) is 0 Å². The van der Waals surface area contributed by atoms with Crippen LogP contribution in [0, 0.1) is 0 Å². The molecule has 0 saturated carbocycles. The van der Waals surface area contributed by atoms with Crippen LogP contribution in [0.5, 0.6) is 5.75 Å². The number of hydrogen-bond acceptors (Lipinski definition) is 2. The molecule has 2 rings (SSSR count). The third-order valence-electron chi connectivity index (χ3n) is 2.12. The fourth-order valence-electron chi connectivity index (χ4n) is 1.41.